The Hall–Kier alpha value is -1.91. The number of nitrogens with one attached hydrogen (secondary N) is 2. The van der Waals surface area contributed by atoms with Crippen LogP contribution < -0.4 is 15.5 Å². The maximum atomic E-state index is 5.66. The number of hydrogen-bond donors (Lipinski definition) is 2. The summed E-state index contributed by atoms with van der Waals surface area (Å²) < 4.78 is 5.66. The Labute approximate surface area is 215 Å². The van der Waals surface area contributed by atoms with Gasteiger partial charge in [-0.15, -0.1) is 24.0 Å². The minimum Gasteiger partial charge on any atom is -0.375 e. The number of rotatable bonds is 7. The van der Waals surface area contributed by atoms with Crippen molar-refractivity contribution in [2.24, 2.45) is 4.99 Å². The lowest BCUT2D eigenvalue weighted by Gasteiger charge is -2.32. The van der Waals surface area contributed by atoms with E-state index < -0.39 is 0 Å². The Kier molecular flexibility index (Phi) is 10.2. The molecular formula is C25H37IN6O. The number of anilines is 1. The van der Waals surface area contributed by atoms with E-state index in [2.05, 4.69) is 79.8 Å². The van der Waals surface area contributed by atoms with E-state index in [0.717, 1.165) is 51.1 Å². The summed E-state index contributed by atoms with van der Waals surface area (Å²) in [7, 11) is 1.83. The predicted molar refractivity (Wildman–Crippen MR) is 145 cm³/mol. The van der Waals surface area contributed by atoms with Gasteiger partial charge in [0, 0.05) is 39.4 Å². The number of aromatic nitrogens is 1. The second-order valence-electron chi connectivity index (χ2n) is 8.63. The molecule has 0 amide bonds. The molecule has 2 fully saturated rings. The molecule has 2 aliphatic heterocycles. The molecule has 4 rings (SSSR count). The van der Waals surface area contributed by atoms with Gasteiger partial charge in [0.25, 0.3) is 0 Å². The molecule has 2 saturated heterocycles. The molecule has 0 radical (unpaired) electrons. The number of aliphatic imine (C=N–C) groups is 1. The molecule has 8 heteroatoms. The fraction of sp³-hybridized carbons (Fsp3) is 0.520. The number of hydrogen-bond acceptors (Lipinski definition) is 5. The summed E-state index contributed by atoms with van der Waals surface area (Å²) in [4.78, 5) is 13.9. The van der Waals surface area contributed by atoms with E-state index in [1.807, 2.05) is 13.2 Å². The Bertz CT molecular complexity index is 874. The summed E-state index contributed by atoms with van der Waals surface area (Å²) in [6, 6.07) is 15.4. The van der Waals surface area contributed by atoms with E-state index in [1.165, 1.54) is 24.0 Å². The van der Waals surface area contributed by atoms with Crippen LogP contribution in [0.3, 0.4) is 0 Å². The zero-order valence-corrected chi connectivity index (χ0v) is 22.1. The maximum Gasteiger partial charge on any atom is 0.191 e. The van der Waals surface area contributed by atoms with Crippen molar-refractivity contribution in [3.63, 3.8) is 0 Å². The van der Waals surface area contributed by atoms with Gasteiger partial charge in [0.05, 0.1) is 18.8 Å². The number of pyridine rings is 1. The van der Waals surface area contributed by atoms with Crippen LogP contribution in [-0.4, -0.2) is 68.3 Å². The van der Waals surface area contributed by atoms with Gasteiger partial charge in [-0.3, -0.25) is 9.89 Å². The molecule has 2 atom stereocenters. The number of likely N-dealkylation sites (tertiary alicyclic amines) is 1. The lowest BCUT2D eigenvalue weighted by Crippen LogP contribution is -2.42. The molecular weight excluding hydrogens is 527 g/mol. The SMILES string of the molecule is CN=C(NCc1ccnc(N2CCOC(C)C2)c1)NCC(c1ccccc1)N1CCCC1.I. The van der Waals surface area contributed by atoms with Gasteiger partial charge >= 0.3 is 0 Å². The van der Waals surface area contributed by atoms with Crippen LogP contribution in [0.5, 0.6) is 0 Å². The van der Waals surface area contributed by atoms with Crippen LogP contribution in [-0.2, 0) is 11.3 Å². The standard InChI is InChI=1S/C25H36N6O.HI/c1-20-19-31(14-15-32-20)24-16-21(10-11-27-24)17-28-25(26-2)29-18-23(30-12-6-7-13-30)22-8-4-3-5-9-22;/h3-5,8-11,16,20,23H,6-7,12-15,17-19H2,1-2H3,(H2,26,28,29);1H. The number of benzene rings is 1. The second-order valence-corrected chi connectivity index (χ2v) is 8.63. The van der Waals surface area contributed by atoms with Crippen LogP contribution >= 0.6 is 24.0 Å². The Balaban J connectivity index is 0.00000306. The highest BCUT2D eigenvalue weighted by Crippen LogP contribution is 2.24. The van der Waals surface area contributed by atoms with E-state index in [-0.39, 0.29) is 30.1 Å². The van der Waals surface area contributed by atoms with Crippen LogP contribution in [0.1, 0.15) is 36.9 Å². The molecule has 7 nitrogen and oxygen atoms in total. The average molecular weight is 565 g/mol. The third-order valence-corrected chi connectivity index (χ3v) is 6.29. The first-order valence-corrected chi connectivity index (χ1v) is 11.8. The van der Waals surface area contributed by atoms with Gasteiger partial charge in [-0.1, -0.05) is 30.3 Å². The molecule has 2 N–H and O–H groups in total. The van der Waals surface area contributed by atoms with Crippen molar-refractivity contribution in [2.75, 3.05) is 51.3 Å². The van der Waals surface area contributed by atoms with E-state index in [9.17, 15) is 0 Å². The number of guanidine groups is 1. The quantitative estimate of drug-likeness (QED) is 0.306. The third-order valence-electron chi connectivity index (χ3n) is 6.29. The van der Waals surface area contributed by atoms with Gasteiger partial charge in [0.2, 0.25) is 0 Å². The lowest BCUT2D eigenvalue weighted by atomic mass is 10.1. The first kappa shape index (κ1) is 25.7. The van der Waals surface area contributed by atoms with Crippen molar-refractivity contribution in [2.45, 2.75) is 38.5 Å². The number of morpholine rings is 1. The largest absolute Gasteiger partial charge is 0.375 e. The van der Waals surface area contributed by atoms with E-state index in [0.29, 0.717) is 12.6 Å². The third kappa shape index (κ3) is 7.28. The van der Waals surface area contributed by atoms with E-state index >= 15 is 0 Å². The second kappa shape index (κ2) is 13.1. The summed E-state index contributed by atoms with van der Waals surface area (Å²) >= 11 is 0. The first-order valence-electron chi connectivity index (χ1n) is 11.8. The molecule has 2 aliphatic rings. The Morgan fingerprint density at radius 2 is 1.94 bits per heavy atom. The zero-order valence-electron chi connectivity index (χ0n) is 19.7. The van der Waals surface area contributed by atoms with Gasteiger partial charge < -0.3 is 20.3 Å². The summed E-state index contributed by atoms with van der Waals surface area (Å²) in [5.74, 6) is 1.84. The predicted octanol–water partition coefficient (Wildman–Crippen LogP) is 3.43. The van der Waals surface area contributed by atoms with Crippen molar-refractivity contribution in [3.05, 3.63) is 59.8 Å². The van der Waals surface area contributed by atoms with Gasteiger partial charge in [0.1, 0.15) is 5.82 Å². The molecule has 0 aliphatic carbocycles. The minimum absolute atomic E-state index is 0. The lowest BCUT2D eigenvalue weighted by molar-refractivity contribution is 0.0529. The summed E-state index contributed by atoms with van der Waals surface area (Å²) in [5.41, 5.74) is 2.55. The highest BCUT2D eigenvalue weighted by atomic mass is 127. The van der Waals surface area contributed by atoms with E-state index in [4.69, 9.17) is 4.74 Å². The van der Waals surface area contributed by atoms with Crippen molar-refractivity contribution >= 4 is 35.8 Å². The van der Waals surface area contributed by atoms with Crippen LogP contribution in [0.25, 0.3) is 0 Å². The van der Waals surface area contributed by atoms with E-state index in [1.54, 1.807) is 0 Å². The molecule has 2 unspecified atom stereocenters. The molecule has 33 heavy (non-hydrogen) atoms. The van der Waals surface area contributed by atoms with Gasteiger partial charge in [-0.2, -0.15) is 0 Å². The molecule has 0 bridgehead atoms. The van der Waals surface area contributed by atoms with Gasteiger partial charge in [-0.25, -0.2) is 4.98 Å². The number of ether oxygens (including phenoxy) is 1. The topological polar surface area (TPSA) is 65.0 Å². The van der Waals surface area contributed by atoms with Crippen molar-refractivity contribution in [1.82, 2.24) is 20.5 Å². The maximum absolute atomic E-state index is 5.66. The highest BCUT2D eigenvalue weighted by molar-refractivity contribution is 14.0. The minimum atomic E-state index is 0. The number of nitrogens with zero attached hydrogens (tertiary/aromatic N) is 4. The first-order chi connectivity index (χ1) is 15.7. The highest BCUT2D eigenvalue weighted by Gasteiger charge is 2.23. The Morgan fingerprint density at radius 1 is 1.15 bits per heavy atom. The van der Waals surface area contributed by atoms with Crippen LogP contribution in [0.2, 0.25) is 0 Å². The summed E-state index contributed by atoms with van der Waals surface area (Å²) in [5, 5.41) is 7.03. The van der Waals surface area contributed by atoms with Crippen molar-refractivity contribution in [1.29, 1.82) is 0 Å². The van der Waals surface area contributed by atoms with Crippen molar-refractivity contribution < 1.29 is 4.74 Å². The smallest absolute Gasteiger partial charge is 0.191 e. The summed E-state index contributed by atoms with van der Waals surface area (Å²) in [6.45, 7) is 8.48. The monoisotopic (exact) mass is 564 g/mol. The van der Waals surface area contributed by atoms with Crippen molar-refractivity contribution in [3.8, 4) is 0 Å². The fourth-order valence-corrected chi connectivity index (χ4v) is 4.56. The number of halogens is 1. The molecule has 180 valence electrons. The molecule has 2 aromatic rings. The molecule has 1 aromatic carbocycles. The molecule has 1 aromatic heterocycles. The summed E-state index contributed by atoms with van der Waals surface area (Å²) in [6.07, 6.45) is 4.69. The van der Waals surface area contributed by atoms with Crippen LogP contribution in [0, 0.1) is 0 Å². The van der Waals surface area contributed by atoms with Crippen LogP contribution in [0.15, 0.2) is 53.7 Å². The fourth-order valence-electron chi connectivity index (χ4n) is 4.56. The van der Waals surface area contributed by atoms with Gasteiger partial charge in [-0.05, 0) is 56.1 Å². The Morgan fingerprint density at radius 3 is 2.67 bits per heavy atom. The average Bonchev–Trinajstić information content (AvgIpc) is 3.37. The molecule has 0 spiro atoms. The van der Waals surface area contributed by atoms with Gasteiger partial charge in [0.15, 0.2) is 5.96 Å². The molecule has 0 saturated carbocycles. The molecule has 3 heterocycles. The zero-order chi connectivity index (χ0) is 22.2. The normalized spacial score (nSPS) is 20.2. The van der Waals surface area contributed by atoms with Crippen LogP contribution in [0.4, 0.5) is 5.82 Å².